The fraction of sp³-hybridized carbons (Fsp3) is 0.657. The highest BCUT2D eigenvalue weighted by Gasteiger charge is 2.47. The molecule has 2 aliphatic carbocycles. The number of aliphatic hydroxyl groups excluding tert-OH is 1. The third-order valence-corrected chi connectivity index (χ3v) is 15.6. The lowest BCUT2D eigenvalue weighted by Crippen LogP contribution is -2.46. The van der Waals surface area contributed by atoms with Gasteiger partial charge in [0.25, 0.3) is 0 Å². The molecule has 45 heavy (non-hydrogen) atoms. The van der Waals surface area contributed by atoms with E-state index in [9.17, 15) is 18.3 Å². The van der Waals surface area contributed by atoms with Gasteiger partial charge in [-0.1, -0.05) is 33.3 Å². The van der Waals surface area contributed by atoms with Crippen molar-refractivity contribution in [2.24, 2.45) is 5.41 Å². The van der Waals surface area contributed by atoms with Crippen LogP contribution in [0.3, 0.4) is 0 Å². The van der Waals surface area contributed by atoms with Crippen molar-refractivity contribution in [3.05, 3.63) is 63.7 Å². The van der Waals surface area contributed by atoms with Crippen LogP contribution in [0.25, 0.3) is 5.57 Å². The second-order valence-electron chi connectivity index (χ2n) is 15.1. The molecule has 2 aliphatic heterocycles. The number of pyridine rings is 2. The zero-order valence-electron chi connectivity index (χ0n) is 27.2. The average Bonchev–Trinajstić information content (AvgIpc) is 2.98. The van der Waals surface area contributed by atoms with Crippen molar-refractivity contribution in [3.63, 3.8) is 0 Å². The van der Waals surface area contributed by atoms with Crippen molar-refractivity contribution in [2.45, 2.75) is 115 Å². The number of hydrogen-bond acceptors (Lipinski definition) is 6. The van der Waals surface area contributed by atoms with Crippen molar-refractivity contribution in [2.75, 3.05) is 26.4 Å². The van der Waals surface area contributed by atoms with Crippen LogP contribution in [0, 0.1) is 5.41 Å². The summed E-state index contributed by atoms with van der Waals surface area (Å²) in [6, 6.07) is 2.30. The molecule has 247 valence electrons. The molecule has 2 aromatic heterocycles. The van der Waals surface area contributed by atoms with Gasteiger partial charge in [-0.15, -0.1) is 18.1 Å². The summed E-state index contributed by atoms with van der Waals surface area (Å²) in [6.07, 6.45) is 4.47. The fourth-order valence-electron chi connectivity index (χ4n) is 7.32. The molecule has 1 spiro atoms. The van der Waals surface area contributed by atoms with Gasteiger partial charge in [-0.05, 0) is 81.9 Å². The van der Waals surface area contributed by atoms with Crippen LogP contribution in [0.15, 0.2) is 24.4 Å². The zero-order chi connectivity index (χ0) is 32.2. The van der Waals surface area contributed by atoms with Gasteiger partial charge in [-0.25, -0.2) is 0 Å². The first-order valence-corrected chi connectivity index (χ1v) is 19.4. The smallest absolute Gasteiger partial charge is 0.417 e. The quantitative estimate of drug-likeness (QED) is 0.318. The number of fused-ring (bicyclic) bond motifs is 1. The summed E-state index contributed by atoms with van der Waals surface area (Å²) in [5.74, 6) is 0.0568. The summed E-state index contributed by atoms with van der Waals surface area (Å²) in [5, 5.41) is 12.2. The molecule has 4 aliphatic rings. The van der Waals surface area contributed by atoms with Crippen molar-refractivity contribution >= 4 is 13.9 Å². The van der Waals surface area contributed by atoms with Crippen LogP contribution in [0.4, 0.5) is 13.2 Å². The van der Waals surface area contributed by atoms with Gasteiger partial charge >= 0.3 is 6.18 Å². The molecule has 0 amide bonds. The Balaban J connectivity index is 1.59. The summed E-state index contributed by atoms with van der Waals surface area (Å²) >= 11 is 0. The van der Waals surface area contributed by atoms with E-state index >= 15 is 0 Å². The zero-order valence-corrected chi connectivity index (χ0v) is 28.2. The highest BCUT2D eigenvalue weighted by Crippen LogP contribution is 2.58. The number of nitrogens with zero attached hydrogens (tertiary/aromatic N) is 2. The Hall–Kier alpha value is -2.11. The first kappa shape index (κ1) is 32.8. The second kappa shape index (κ2) is 12.2. The van der Waals surface area contributed by atoms with E-state index in [0.717, 1.165) is 78.9 Å². The Morgan fingerprint density at radius 2 is 1.80 bits per heavy atom. The molecule has 6 nitrogen and oxygen atoms in total. The van der Waals surface area contributed by atoms with E-state index in [-0.39, 0.29) is 28.2 Å². The van der Waals surface area contributed by atoms with E-state index in [0.29, 0.717) is 38.4 Å². The van der Waals surface area contributed by atoms with Gasteiger partial charge in [-0.2, -0.15) is 13.2 Å². The van der Waals surface area contributed by atoms with Crippen LogP contribution in [-0.2, 0) is 26.5 Å². The summed E-state index contributed by atoms with van der Waals surface area (Å²) in [4.78, 5) is 9.64. The molecule has 0 unspecified atom stereocenters. The van der Waals surface area contributed by atoms with Gasteiger partial charge < -0.3 is 19.0 Å². The summed E-state index contributed by atoms with van der Waals surface area (Å²) in [7, 11) is -2.23. The minimum atomic E-state index is -4.51. The molecule has 0 radical (unpaired) electrons. The third-order valence-electron chi connectivity index (χ3n) is 11.1. The van der Waals surface area contributed by atoms with Crippen LogP contribution in [-0.4, -0.2) is 49.8 Å². The molecule has 0 bridgehead atoms. The molecule has 1 saturated heterocycles. The maximum absolute atomic E-state index is 13.5. The SMILES string of the molecule is CC(C)(C)[Si-](C)(C)O[C@H]1CC2(CCC2)Cc2nc(C3CCOCC3)c([C@H](O)c3ccc(C(F)(F)F)cn3)c(C3=CCOCC3)c21. The minimum Gasteiger partial charge on any atom is -0.559 e. The molecule has 6 rings (SSSR count). The Morgan fingerprint density at radius 1 is 1.07 bits per heavy atom. The number of aliphatic hydroxyl groups is 1. The molecule has 1 N–H and O–H groups in total. The normalized spacial score (nSPS) is 23.3. The second-order valence-corrected chi connectivity index (χ2v) is 19.8. The van der Waals surface area contributed by atoms with E-state index in [4.69, 9.17) is 18.9 Å². The standard InChI is InChI=1S/C35H47F3N2O4Si/c1-33(2,3)45(4,5)44-27-20-34(13-6-14-34)19-26-29(27)28(22-9-15-42-16-10-22)30(31(40-26)23-11-17-43-18-12-23)32(41)25-8-7-24(21-39-25)35(36,37)38/h7-9,21,23,27,32,41H,6,10-20H2,1-5H3/q-1/t27-,32+/m0/s1. The summed E-state index contributed by atoms with van der Waals surface area (Å²) in [6.45, 7) is 13.5. The molecule has 10 heteroatoms. The molecule has 2 fully saturated rings. The first-order valence-electron chi connectivity index (χ1n) is 16.5. The lowest BCUT2D eigenvalue weighted by Gasteiger charge is -2.56. The van der Waals surface area contributed by atoms with E-state index < -0.39 is 26.2 Å². The van der Waals surface area contributed by atoms with E-state index in [1.54, 1.807) is 0 Å². The van der Waals surface area contributed by atoms with E-state index in [2.05, 4.69) is 44.9 Å². The van der Waals surface area contributed by atoms with Gasteiger partial charge in [0.1, 0.15) is 6.10 Å². The van der Waals surface area contributed by atoms with Crippen molar-refractivity contribution in [1.82, 2.24) is 9.97 Å². The van der Waals surface area contributed by atoms with Crippen molar-refractivity contribution in [1.29, 1.82) is 0 Å². The maximum atomic E-state index is 13.5. The van der Waals surface area contributed by atoms with Crippen molar-refractivity contribution < 1.29 is 32.2 Å². The summed E-state index contributed by atoms with van der Waals surface area (Å²) < 4.78 is 59.1. The average molecular weight is 645 g/mol. The van der Waals surface area contributed by atoms with Gasteiger partial charge in [0, 0.05) is 48.3 Å². The van der Waals surface area contributed by atoms with Crippen LogP contribution in [0.5, 0.6) is 0 Å². The number of alkyl halides is 3. The molecule has 4 heterocycles. The lowest BCUT2D eigenvalue weighted by atomic mass is 9.59. The van der Waals surface area contributed by atoms with Crippen LogP contribution < -0.4 is 0 Å². The predicted molar refractivity (Wildman–Crippen MR) is 169 cm³/mol. The number of hydrogen-bond donors (Lipinski definition) is 1. The molecule has 1 saturated carbocycles. The van der Waals surface area contributed by atoms with Crippen LogP contribution in [0.2, 0.25) is 18.1 Å². The molecule has 0 aromatic carbocycles. The molecule has 2 aromatic rings. The van der Waals surface area contributed by atoms with Gasteiger partial charge in [-0.3, -0.25) is 9.97 Å². The Bertz CT molecular complexity index is 1420. The third kappa shape index (κ3) is 6.42. The number of halogens is 3. The fourth-order valence-corrected chi connectivity index (χ4v) is 8.59. The molecular weight excluding hydrogens is 597 g/mol. The Morgan fingerprint density at radius 3 is 2.36 bits per heavy atom. The molecular formula is C35H47F3N2O4Si-. The minimum absolute atomic E-state index is 0.00252. The van der Waals surface area contributed by atoms with E-state index in [1.807, 2.05) is 0 Å². The van der Waals surface area contributed by atoms with Crippen LogP contribution >= 0.6 is 0 Å². The largest absolute Gasteiger partial charge is 0.559 e. The molecule has 2 atom stereocenters. The highest BCUT2D eigenvalue weighted by molar-refractivity contribution is 6.74. The first-order chi connectivity index (χ1) is 21.2. The number of ether oxygens (including phenoxy) is 2. The van der Waals surface area contributed by atoms with Gasteiger partial charge in [0.05, 0.1) is 30.2 Å². The van der Waals surface area contributed by atoms with Crippen molar-refractivity contribution in [3.8, 4) is 0 Å². The van der Waals surface area contributed by atoms with Gasteiger partial charge in [0.2, 0.25) is 0 Å². The number of rotatable bonds is 6. The topological polar surface area (TPSA) is 73.7 Å². The van der Waals surface area contributed by atoms with E-state index in [1.165, 1.54) is 12.5 Å². The Kier molecular flexibility index (Phi) is 8.87. The predicted octanol–water partition coefficient (Wildman–Crippen LogP) is 8.45. The monoisotopic (exact) mass is 644 g/mol. The summed E-state index contributed by atoms with van der Waals surface area (Å²) in [5.41, 5.74) is 5.15. The Labute approximate surface area is 265 Å². The highest BCUT2D eigenvalue weighted by atomic mass is 28.4. The maximum Gasteiger partial charge on any atom is 0.417 e. The van der Waals surface area contributed by atoms with Crippen LogP contribution in [0.1, 0.15) is 123 Å². The number of aromatic nitrogens is 2. The lowest BCUT2D eigenvalue weighted by molar-refractivity contribution is -0.137. The van der Waals surface area contributed by atoms with Gasteiger partial charge in [0.15, 0.2) is 0 Å².